The van der Waals surface area contributed by atoms with Crippen LogP contribution in [0.15, 0.2) is 84.9 Å². The van der Waals surface area contributed by atoms with E-state index in [2.05, 4.69) is 5.43 Å². The fraction of sp³-hybridized carbons (Fsp3) is 0. The Hall–Kier alpha value is -4.69. The van der Waals surface area contributed by atoms with Crippen LogP contribution in [0.3, 0.4) is 0 Å². The predicted molar refractivity (Wildman–Crippen MR) is 129 cm³/mol. The number of benzene rings is 3. The van der Waals surface area contributed by atoms with Gasteiger partial charge in [0.15, 0.2) is 0 Å². The monoisotopic (exact) mass is 438 g/mol. The van der Waals surface area contributed by atoms with Gasteiger partial charge in [-0.3, -0.25) is 15.6 Å². The molecule has 4 aromatic rings. The molecule has 8 nitrogen and oxygen atoms in total. The molecule has 0 atom stereocenters. The van der Waals surface area contributed by atoms with Crippen LogP contribution in [0.1, 0.15) is 15.9 Å². The summed E-state index contributed by atoms with van der Waals surface area (Å²) in [7, 11) is 0. The molecule has 0 unspecified atom stereocenters. The third-order valence-corrected chi connectivity index (χ3v) is 5.00. The Kier molecular flexibility index (Phi) is 6.01. The molecule has 0 fully saturated rings. The van der Waals surface area contributed by atoms with E-state index in [4.69, 9.17) is 32.4 Å². The number of ether oxygens (including phenoxy) is 1. The summed E-state index contributed by atoms with van der Waals surface area (Å²) in [4.78, 5) is 16.4. The zero-order valence-corrected chi connectivity index (χ0v) is 17.6. The Bertz CT molecular complexity index is 1300. The van der Waals surface area contributed by atoms with Gasteiger partial charge in [-0.05, 0) is 54.6 Å². The van der Waals surface area contributed by atoms with Crippen LogP contribution < -0.4 is 27.5 Å². The largest absolute Gasteiger partial charge is 0.457 e. The maximum atomic E-state index is 11.7. The van der Waals surface area contributed by atoms with Crippen molar-refractivity contribution in [3.8, 4) is 34.0 Å². The van der Waals surface area contributed by atoms with Crippen LogP contribution in [0.25, 0.3) is 22.5 Å². The fourth-order valence-electron chi connectivity index (χ4n) is 3.39. The molecule has 0 aliphatic carbocycles. The first-order valence-electron chi connectivity index (χ1n) is 10.1. The Labute approximate surface area is 190 Å². The molecule has 0 saturated heterocycles. The Morgan fingerprint density at radius 3 is 2.09 bits per heavy atom. The number of aromatic nitrogens is 1. The van der Waals surface area contributed by atoms with Crippen molar-refractivity contribution in [2.75, 3.05) is 5.73 Å². The highest BCUT2D eigenvalue weighted by atomic mass is 16.5. The summed E-state index contributed by atoms with van der Waals surface area (Å²) in [6.07, 6.45) is 0. The molecule has 8 N–H and O–H groups in total. The zero-order valence-electron chi connectivity index (χ0n) is 17.6. The molecule has 8 heteroatoms. The molecule has 0 saturated carbocycles. The number of anilines is 1. The van der Waals surface area contributed by atoms with Crippen LogP contribution >= 0.6 is 0 Å². The van der Waals surface area contributed by atoms with Crippen molar-refractivity contribution in [2.24, 2.45) is 11.6 Å². The van der Waals surface area contributed by atoms with Crippen molar-refractivity contribution in [2.45, 2.75) is 0 Å². The number of carbonyl (C=O) groups excluding carboxylic acids is 1. The number of nitrogens with zero attached hydrogens (tertiary/aromatic N) is 1. The molecular formula is C25H22N6O2. The van der Waals surface area contributed by atoms with Crippen molar-refractivity contribution < 1.29 is 9.53 Å². The number of para-hydroxylation sites is 1. The van der Waals surface area contributed by atoms with Crippen molar-refractivity contribution in [1.29, 1.82) is 5.41 Å². The van der Waals surface area contributed by atoms with Gasteiger partial charge in [-0.1, -0.05) is 30.3 Å². The van der Waals surface area contributed by atoms with Crippen molar-refractivity contribution >= 4 is 17.4 Å². The molecule has 0 spiro atoms. The highest BCUT2D eigenvalue weighted by molar-refractivity contribution is 6.06. The zero-order chi connectivity index (χ0) is 23.4. The number of nitrogen functional groups attached to an aromatic ring is 3. The third-order valence-electron chi connectivity index (χ3n) is 5.00. The van der Waals surface area contributed by atoms with Crippen molar-refractivity contribution in [1.82, 2.24) is 10.4 Å². The lowest BCUT2D eigenvalue weighted by atomic mass is 10.00. The van der Waals surface area contributed by atoms with Crippen LogP contribution in [0.4, 0.5) is 5.69 Å². The first kappa shape index (κ1) is 21.5. The third kappa shape index (κ3) is 4.65. The average Bonchev–Trinajstić information content (AvgIpc) is 2.84. The second kappa shape index (κ2) is 9.21. The van der Waals surface area contributed by atoms with Crippen LogP contribution in [-0.4, -0.2) is 16.7 Å². The van der Waals surface area contributed by atoms with Crippen LogP contribution in [0.5, 0.6) is 11.5 Å². The SMILES string of the molecule is N=C(N)c1c(N)cc(-c2ccc(C(=O)NN)cc2)nc1-c1ccc(Oc2ccccc2)cc1. The molecule has 1 aromatic heterocycles. The molecule has 4 rings (SSSR count). The number of pyridine rings is 1. The molecule has 3 aromatic carbocycles. The minimum atomic E-state index is -0.389. The number of nitrogens with two attached hydrogens (primary N) is 3. The van der Waals surface area contributed by atoms with Gasteiger partial charge in [0.1, 0.15) is 17.3 Å². The molecule has 33 heavy (non-hydrogen) atoms. The van der Waals surface area contributed by atoms with Gasteiger partial charge >= 0.3 is 0 Å². The second-order valence-corrected chi connectivity index (χ2v) is 7.22. The van der Waals surface area contributed by atoms with E-state index in [1.54, 1.807) is 30.3 Å². The van der Waals surface area contributed by atoms with E-state index in [9.17, 15) is 4.79 Å². The lowest BCUT2D eigenvalue weighted by Gasteiger charge is -2.14. The first-order valence-corrected chi connectivity index (χ1v) is 10.1. The minimum Gasteiger partial charge on any atom is -0.457 e. The van der Waals surface area contributed by atoms with Gasteiger partial charge in [0, 0.05) is 22.4 Å². The molecule has 0 radical (unpaired) electrons. The smallest absolute Gasteiger partial charge is 0.265 e. The van der Waals surface area contributed by atoms with Gasteiger partial charge in [-0.15, -0.1) is 0 Å². The summed E-state index contributed by atoms with van der Waals surface area (Å²) in [6.45, 7) is 0. The molecular weight excluding hydrogens is 416 g/mol. The molecule has 0 bridgehead atoms. The van der Waals surface area contributed by atoms with Crippen molar-refractivity contribution in [3.05, 3.63) is 96.1 Å². The summed E-state index contributed by atoms with van der Waals surface area (Å²) in [5.74, 6) is 6.00. The fourth-order valence-corrected chi connectivity index (χ4v) is 3.39. The summed E-state index contributed by atoms with van der Waals surface area (Å²) in [6, 6.07) is 25.2. The van der Waals surface area contributed by atoms with Crippen molar-refractivity contribution in [3.63, 3.8) is 0 Å². The number of hydrazine groups is 1. The second-order valence-electron chi connectivity index (χ2n) is 7.22. The van der Waals surface area contributed by atoms with Gasteiger partial charge in [0.2, 0.25) is 0 Å². The molecule has 1 amide bonds. The number of amides is 1. The van der Waals surface area contributed by atoms with E-state index in [-0.39, 0.29) is 11.7 Å². The maximum absolute atomic E-state index is 11.7. The Balaban J connectivity index is 1.71. The van der Waals surface area contributed by atoms with Gasteiger partial charge in [0.25, 0.3) is 5.91 Å². The van der Waals surface area contributed by atoms with E-state index < -0.39 is 0 Å². The van der Waals surface area contributed by atoms with E-state index in [0.717, 1.165) is 16.9 Å². The number of hydrogen-bond acceptors (Lipinski definition) is 6. The minimum absolute atomic E-state index is 0.180. The molecule has 164 valence electrons. The van der Waals surface area contributed by atoms with Crippen LogP contribution in [0.2, 0.25) is 0 Å². The average molecular weight is 438 g/mol. The standard InChI is InChI=1S/C25H22N6O2/c26-20-14-21(15-6-8-17(9-7-15)25(32)31-29)30-23(22(20)24(27)28)16-10-12-19(13-11-16)33-18-4-2-1-3-5-18/h1-14H,29H2,(H2,26,30)(H3,27,28)(H,31,32). The highest BCUT2D eigenvalue weighted by Crippen LogP contribution is 2.32. The normalized spacial score (nSPS) is 10.5. The molecule has 0 aliphatic heterocycles. The van der Waals surface area contributed by atoms with E-state index in [1.165, 1.54) is 0 Å². The van der Waals surface area contributed by atoms with E-state index >= 15 is 0 Å². The summed E-state index contributed by atoms with van der Waals surface area (Å²) >= 11 is 0. The first-order chi connectivity index (χ1) is 16.0. The summed E-state index contributed by atoms with van der Waals surface area (Å²) in [5, 5.41) is 8.01. The van der Waals surface area contributed by atoms with Crippen LogP contribution in [-0.2, 0) is 0 Å². The molecule has 0 aliphatic rings. The number of hydrogen-bond donors (Lipinski definition) is 5. The van der Waals surface area contributed by atoms with Gasteiger partial charge in [-0.2, -0.15) is 0 Å². The predicted octanol–water partition coefficient (Wildman–Crippen LogP) is 3.68. The Morgan fingerprint density at radius 2 is 1.48 bits per heavy atom. The number of amidine groups is 1. The number of nitrogens with one attached hydrogen (secondary N) is 2. The number of carbonyl (C=O) groups is 1. The summed E-state index contributed by atoms with van der Waals surface area (Å²) in [5.41, 5.74) is 17.8. The van der Waals surface area contributed by atoms with Gasteiger partial charge in [-0.25, -0.2) is 10.8 Å². The van der Waals surface area contributed by atoms with E-state index in [1.807, 2.05) is 54.6 Å². The lowest BCUT2D eigenvalue weighted by molar-refractivity contribution is 0.0953. The summed E-state index contributed by atoms with van der Waals surface area (Å²) < 4.78 is 5.85. The van der Waals surface area contributed by atoms with E-state index in [0.29, 0.717) is 34.0 Å². The Morgan fingerprint density at radius 1 is 0.879 bits per heavy atom. The highest BCUT2D eigenvalue weighted by Gasteiger charge is 2.17. The molecule has 1 heterocycles. The lowest BCUT2D eigenvalue weighted by Crippen LogP contribution is -2.29. The number of rotatable bonds is 6. The van der Waals surface area contributed by atoms with Gasteiger partial charge < -0.3 is 16.2 Å². The quantitative estimate of drug-likeness (QED) is 0.102. The maximum Gasteiger partial charge on any atom is 0.265 e. The topological polar surface area (TPSA) is 153 Å². The van der Waals surface area contributed by atoms with Gasteiger partial charge in [0.05, 0.1) is 17.0 Å². The van der Waals surface area contributed by atoms with Crippen LogP contribution in [0, 0.1) is 5.41 Å².